The first kappa shape index (κ1) is 14.7. The van der Waals surface area contributed by atoms with Crippen LogP contribution in [0, 0.1) is 13.8 Å². The van der Waals surface area contributed by atoms with E-state index in [0.29, 0.717) is 11.3 Å². The summed E-state index contributed by atoms with van der Waals surface area (Å²) < 4.78 is 0. The molecule has 20 heavy (non-hydrogen) atoms. The number of rotatable bonds is 4. The molecular formula is C17H18O2S. The van der Waals surface area contributed by atoms with E-state index in [-0.39, 0.29) is 11.5 Å². The van der Waals surface area contributed by atoms with Crippen LogP contribution in [0.4, 0.5) is 0 Å². The molecule has 2 rings (SSSR count). The van der Waals surface area contributed by atoms with Crippen molar-refractivity contribution in [3.05, 3.63) is 58.7 Å². The van der Waals surface area contributed by atoms with Gasteiger partial charge in [-0.2, -0.15) is 0 Å². The number of carbonyl (C=O) groups is 1. The number of hydrogen-bond donors (Lipinski definition) is 1. The lowest BCUT2D eigenvalue weighted by Crippen LogP contribution is -1.94. The fourth-order valence-electron chi connectivity index (χ4n) is 2.04. The number of aromatic hydroxyl groups is 1. The summed E-state index contributed by atoms with van der Waals surface area (Å²) in [7, 11) is 0. The Morgan fingerprint density at radius 1 is 1.15 bits per heavy atom. The van der Waals surface area contributed by atoms with Crippen molar-refractivity contribution in [3.63, 3.8) is 0 Å². The van der Waals surface area contributed by atoms with E-state index in [0.717, 1.165) is 5.56 Å². The topological polar surface area (TPSA) is 37.3 Å². The predicted octanol–water partition coefficient (Wildman–Crippen LogP) is 4.50. The Kier molecular flexibility index (Phi) is 4.50. The summed E-state index contributed by atoms with van der Waals surface area (Å²) in [6.45, 7) is 5.69. The molecule has 2 nitrogen and oxygen atoms in total. The average Bonchev–Trinajstić information content (AvgIpc) is 2.39. The Bertz CT molecular complexity index is 647. The van der Waals surface area contributed by atoms with Crippen LogP contribution in [-0.4, -0.2) is 10.9 Å². The van der Waals surface area contributed by atoms with E-state index in [1.54, 1.807) is 30.0 Å². The van der Waals surface area contributed by atoms with Crippen LogP contribution in [0.2, 0.25) is 0 Å². The summed E-state index contributed by atoms with van der Waals surface area (Å²) in [5, 5.41) is 9.88. The third-order valence-corrected chi connectivity index (χ3v) is 4.42. The first-order valence-corrected chi connectivity index (χ1v) is 7.49. The summed E-state index contributed by atoms with van der Waals surface area (Å²) in [6, 6.07) is 11.3. The minimum Gasteiger partial charge on any atom is -0.508 e. The molecule has 0 spiro atoms. The molecule has 2 aromatic rings. The van der Waals surface area contributed by atoms with Crippen molar-refractivity contribution in [3.8, 4) is 5.75 Å². The summed E-state index contributed by atoms with van der Waals surface area (Å²) in [6.07, 6.45) is 0. The van der Waals surface area contributed by atoms with Crippen LogP contribution >= 0.6 is 11.8 Å². The van der Waals surface area contributed by atoms with Crippen LogP contribution < -0.4 is 0 Å². The lowest BCUT2D eigenvalue weighted by atomic mass is 10.1. The highest BCUT2D eigenvalue weighted by Gasteiger charge is 2.07. The maximum Gasteiger partial charge on any atom is 0.159 e. The number of phenolic OH excluding ortho intramolecular Hbond substituents is 1. The molecule has 0 aliphatic rings. The molecule has 0 heterocycles. The van der Waals surface area contributed by atoms with Crippen molar-refractivity contribution in [2.75, 3.05) is 0 Å². The van der Waals surface area contributed by atoms with Gasteiger partial charge in [0.1, 0.15) is 5.75 Å². The van der Waals surface area contributed by atoms with E-state index in [4.69, 9.17) is 0 Å². The van der Waals surface area contributed by atoms with Gasteiger partial charge in [0.15, 0.2) is 5.78 Å². The lowest BCUT2D eigenvalue weighted by Gasteiger charge is -2.09. The van der Waals surface area contributed by atoms with Crippen molar-refractivity contribution >= 4 is 17.5 Å². The van der Waals surface area contributed by atoms with E-state index in [1.807, 2.05) is 0 Å². The molecular weight excluding hydrogens is 268 g/mol. The van der Waals surface area contributed by atoms with Crippen molar-refractivity contribution in [1.29, 1.82) is 0 Å². The minimum atomic E-state index is 0.0165. The molecule has 0 fully saturated rings. The number of aryl methyl sites for hydroxylation is 2. The van der Waals surface area contributed by atoms with Gasteiger partial charge in [-0.05, 0) is 50.6 Å². The molecule has 0 saturated heterocycles. The molecule has 0 radical (unpaired) electrons. The molecule has 0 unspecified atom stereocenters. The van der Waals surface area contributed by atoms with Crippen molar-refractivity contribution in [2.24, 2.45) is 0 Å². The van der Waals surface area contributed by atoms with E-state index < -0.39 is 0 Å². The van der Waals surface area contributed by atoms with Crippen molar-refractivity contribution < 1.29 is 9.90 Å². The van der Waals surface area contributed by atoms with Gasteiger partial charge in [-0.25, -0.2) is 0 Å². The van der Waals surface area contributed by atoms with Gasteiger partial charge in [-0.15, -0.1) is 11.8 Å². The van der Waals surface area contributed by atoms with Gasteiger partial charge >= 0.3 is 0 Å². The molecule has 0 aliphatic carbocycles. The van der Waals surface area contributed by atoms with Gasteiger partial charge < -0.3 is 5.11 Å². The maximum absolute atomic E-state index is 11.4. The molecule has 0 aromatic heterocycles. The molecule has 0 amide bonds. The third kappa shape index (κ3) is 3.42. The van der Waals surface area contributed by atoms with E-state index in [9.17, 15) is 9.90 Å². The monoisotopic (exact) mass is 286 g/mol. The molecule has 0 bridgehead atoms. The minimum absolute atomic E-state index is 0.0165. The quantitative estimate of drug-likeness (QED) is 0.664. The highest BCUT2D eigenvalue weighted by Crippen LogP contribution is 2.30. The number of benzene rings is 2. The van der Waals surface area contributed by atoms with Crippen molar-refractivity contribution in [1.82, 2.24) is 0 Å². The standard InChI is InChI=1S/C17H18O2S/c1-11-4-7-17(12(2)8-11)20-10-15-9-14(13(3)18)5-6-16(15)19/h4-9,19H,10H2,1-3H3. The zero-order chi connectivity index (χ0) is 14.7. The Morgan fingerprint density at radius 2 is 1.90 bits per heavy atom. The van der Waals surface area contributed by atoms with Gasteiger partial charge in [-0.1, -0.05) is 17.7 Å². The van der Waals surface area contributed by atoms with Gasteiger partial charge in [0, 0.05) is 21.8 Å². The SMILES string of the molecule is CC(=O)c1ccc(O)c(CSc2ccc(C)cc2C)c1. The van der Waals surface area contributed by atoms with Gasteiger partial charge in [0.05, 0.1) is 0 Å². The first-order chi connectivity index (χ1) is 9.47. The molecule has 0 atom stereocenters. The van der Waals surface area contributed by atoms with Crippen LogP contribution in [-0.2, 0) is 5.75 Å². The number of phenols is 1. The number of ketones is 1. The first-order valence-electron chi connectivity index (χ1n) is 6.50. The highest BCUT2D eigenvalue weighted by atomic mass is 32.2. The smallest absolute Gasteiger partial charge is 0.159 e. The van der Waals surface area contributed by atoms with Crippen LogP contribution in [0.3, 0.4) is 0 Å². The highest BCUT2D eigenvalue weighted by molar-refractivity contribution is 7.98. The molecule has 0 saturated carbocycles. The van der Waals surface area contributed by atoms with E-state index >= 15 is 0 Å². The number of thioether (sulfide) groups is 1. The molecule has 104 valence electrons. The Labute approximate surface area is 123 Å². The molecule has 3 heteroatoms. The average molecular weight is 286 g/mol. The fraction of sp³-hybridized carbons (Fsp3) is 0.235. The van der Waals surface area contributed by atoms with Crippen LogP contribution in [0.25, 0.3) is 0 Å². The third-order valence-electron chi connectivity index (χ3n) is 3.20. The summed E-state index contributed by atoms with van der Waals surface area (Å²) in [5.41, 5.74) is 3.91. The van der Waals surface area contributed by atoms with Gasteiger partial charge in [0.2, 0.25) is 0 Å². The Morgan fingerprint density at radius 3 is 2.55 bits per heavy atom. The van der Waals surface area contributed by atoms with E-state index in [1.165, 1.54) is 22.9 Å². The Balaban J connectivity index is 2.18. The van der Waals surface area contributed by atoms with Crippen molar-refractivity contribution in [2.45, 2.75) is 31.4 Å². The summed E-state index contributed by atoms with van der Waals surface area (Å²) >= 11 is 1.67. The Hall–Kier alpha value is -1.74. The normalized spacial score (nSPS) is 10.6. The predicted molar refractivity (Wildman–Crippen MR) is 83.6 cm³/mol. The number of hydrogen-bond acceptors (Lipinski definition) is 3. The van der Waals surface area contributed by atoms with Crippen LogP contribution in [0.1, 0.15) is 34.0 Å². The van der Waals surface area contributed by atoms with Crippen LogP contribution in [0.15, 0.2) is 41.3 Å². The summed E-state index contributed by atoms with van der Waals surface area (Å²) in [4.78, 5) is 12.6. The molecule has 1 N–H and O–H groups in total. The molecule has 2 aromatic carbocycles. The number of Topliss-reactive ketones (excluding diaryl/α,β-unsaturated/α-hetero) is 1. The zero-order valence-electron chi connectivity index (χ0n) is 11.9. The number of carbonyl (C=O) groups excluding carboxylic acids is 1. The second-order valence-electron chi connectivity index (χ2n) is 4.96. The lowest BCUT2D eigenvalue weighted by molar-refractivity contribution is 0.101. The second-order valence-corrected chi connectivity index (χ2v) is 5.97. The zero-order valence-corrected chi connectivity index (χ0v) is 12.8. The largest absolute Gasteiger partial charge is 0.508 e. The van der Waals surface area contributed by atoms with Gasteiger partial charge in [-0.3, -0.25) is 4.79 Å². The van der Waals surface area contributed by atoms with Gasteiger partial charge in [0.25, 0.3) is 0 Å². The fourth-order valence-corrected chi connectivity index (χ4v) is 3.03. The summed E-state index contributed by atoms with van der Waals surface area (Å²) in [5.74, 6) is 0.909. The maximum atomic E-state index is 11.4. The van der Waals surface area contributed by atoms with E-state index in [2.05, 4.69) is 32.0 Å². The second kappa shape index (κ2) is 6.14. The van der Waals surface area contributed by atoms with Crippen LogP contribution in [0.5, 0.6) is 5.75 Å². The molecule has 0 aliphatic heterocycles.